The van der Waals surface area contributed by atoms with E-state index in [0.717, 1.165) is 12.8 Å². The van der Waals surface area contributed by atoms with Crippen molar-refractivity contribution >= 4 is 0 Å². The van der Waals surface area contributed by atoms with Crippen LogP contribution in [0.2, 0.25) is 0 Å². The highest BCUT2D eigenvalue weighted by Crippen LogP contribution is 1.98. The minimum atomic E-state index is 0.435. The molecule has 0 amide bonds. The van der Waals surface area contributed by atoms with E-state index in [9.17, 15) is 0 Å². The van der Waals surface area contributed by atoms with E-state index >= 15 is 0 Å². The van der Waals surface area contributed by atoms with E-state index < -0.39 is 0 Å². The van der Waals surface area contributed by atoms with Gasteiger partial charge in [0.2, 0.25) is 0 Å². The molecule has 0 unspecified atom stereocenters. The summed E-state index contributed by atoms with van der Waals surface area (Å²) in [7, 11) is 0. The average molecular weight is 141 g/mol. The van der Waals surface area contributed by atoms with Gasteiger partial charge >= 0.3 is 0 Å². The van der Waals surface area contributed by atoms with Crippen LogP contribution in [0.1, 0.15) is 26.7 Å². The Morgan fingerprint density at radius 2 is 2.10 bits per heavy atom. The van der Waals surface area contributed by atoms with E-state index in [1.807, 2.05) is 12.2 Å². The lowest BCUT2D eigenvalue weighted by molar-refractivity contribution is 0.327. The Morgan fingerprint density at radius 3 is 2.50 bits per heavy atom. The van der Waals surface area contributed by atoms with Gasteiger partial charge in [-0.2, -0.15) is 0 Å². The third-order valence-corrected chi connectivity index (χ3v) is 1.38. The fraction of sp³-hybridized carbons (Fsp3) is 0.556. The molecule has 0 heterocycles. The number of hydrogen-bond donors (Lipinski definition) is 0. The lowest BCUT2D eigenvalue weighted by atomic mass is 10.2. The fourth-order valence-electron chi connectivity index (χ4n) is 0.642. The zero-order valence-corrected chi connectivity index (χ0v) is 6.85. The summed E-state index contributed by atoms with van der Waals surface area (Å²) in [5, 5.41) is 7.09. The van der Waals surface area contributed by atoms with Crippen LogP contribution in [0.5, 0.6) is 0 Å². The lowest BCUT2D eigenvalue weighted by Crippen LogP contribution is -1.85. The highest BCUT2D eigenvalue weighted by Gasteiger charge is 1.89. The number of allylic oxidation sites excluding steroid dienone is 3. The van der Waals surface area contributed by atoms with Gasteiger partial charge in [0.05, 0.1) is 0 Å². The van der Waals surface area contributed by atoms with Gasteiger partial charge in [0.25, 0.3) is 0 Å². The number of rotatable bonds is 4. The summed E-state index contributed by atoms with van der Waals surface area (Å²) < 4.78 is 0. The molecule has 0 saturated carbocycles. The maximum absolute atomic E-state index is 7.09. The molecule has 0 aromatic carbocycles. The van der Waals surface area contributed by atoms with Crippen molar-refractivity contribution in [2.24, 2.45) is 0 Å². The molecule has 0 atom stereocenters. The van der Waals surface area contributed by atoms with Crippen molar-refractivity contribution in [3.8, 4) is 0 Å². The maximum atomic E-state index is 7.09. The monoisotopic (exact) mass is 141 g/mol. The predicted molar refractivity (Wildman–Crippen MR) is 46.3 cm³/mol. The van der Waals surface area contributed by atoms with Crippen LogP contribution in [-0.4, -0.2) is 11.7 Å². The first kappa shape index (κ1) is 9.44. The highest BCUT2D eigenvalue weighted by molar-refractivity contribution is 5.11. The molecule has 0 spiro atoms. The van der Waals surface area contributed by atoms with Gasteiger partial charge in [0.1, 0.15) is 0 Å². The highest BCUT2D eigenvalue weighted by atomic mass is 16.3. The van der Waals surface area contributed by atoms with Crippen molar-refractivity contribution < 1.29 is 5.11 Å². The number of hydrogen-bond acceptors (Lipinski definition) is 0. The molecule has 0 bridgehead atoms. The van der Waals surface area contributed by atoms with Gasteiger partial charge in [0.15, 0.2) is 6.61 Å². The van der Waals surface area contributed by atoms with Crippen LogP contribution in [0.4, 0.5) is 0 Å². The van der Waals surface area contributed by atoms with Crippen molar-refractivity contribution in [3.63, 3.8) is 0 Å². The van der Waals surface area contributed by atoms with Crippen LogP contribution in [-0.2, 0) is 0 Å². The standard InChI is InChI=1S/C9H16O/c1-3-5-6-7-9(4-2)8-10/h5-7,10H,3-4,8H2,1-2H3/p+1/b6-5-,9-7+. The summed E-state index contributed by atoms with van der Waals surface area (Å²) >= 11 is 0. The second-order valence-corrected chi connectivity index (χ2v) is 2.19. The summed E-state index contributed by atoms with van der Waals surface area (Å²) in [6.45, 7) is 4.63. The summed E-state index contributed by atoms with van der Waals surface area (Å²) in [5.41, 5.74) is 1.20. The van der Waals surface area contributed by atoms with Crippen molar-refractivity contribution in [2.45, 2.75) is 26.7 Å². The van der Waals surface area contributed by atoms with Gasteiger partial charge in [-0.1, -0.05) is 32.1 Å². The van der Waals surface area contributed by atoms with Crippen molar-refractivity contribution in [2.75, 3.05) is 6.61 Å². The molecule has 0 radical (unpaired) electrons. The first-order valence-electron chi connectivity index (χ1n) is 3.84. The zero-order valence-electron chi connectivity index (χ0n) is 6.85. The second-order valence-electron chi connectivity index (χ2n) is 2.19. The minimum absolute atomic E-state index is 0.435. The lowest BCUT2D eigenvalue weighted by Gasteiger charge is -1.91. The maximum Gasteiger partial charge on any atom is 0.166 e. The average Bonchev–Trinajstić information content (AvgIpc) is 1.99. The summed E-state index contributed by atoms with van der Waals surface area (Å²) in [6, 6.07) is 0. The Hall–Kier alpha value is -0.560. The van der Waals surface area contributed by atoms with Crippen LogP contribution in [0.15, 0.2) is 23.8 Å². The molecule has 0 aliphatic rings. The predicted octanol–water partition coefficient (Wildman–Crippen LogP) is 2.01. The third kappa shape index (κ3) is 4.33. The van der Waals surface area contributed by atoms with Gasteiger partial charge in [0, 0.05) is 5.57 Å². The van der Waals surface area contributed by atoms with Gasteiger partial charge in [-0.15, -0.1) is 0 Å². The molecule has 0 fully saturated rings. The molecular formula is C9H17O+. The topological polar surface area (TPSA) is 22.9 Å². The van der Waals surface area contributed by atoms with Crippen LogP contribution in [0.25, 0.3) is 0 Å². The molecule has 0 aliphatic heterocycles. The SMILES string of the molecule is CC/C=C\C=C(/CC)C[OH2+]. The molecule has 0 saturated heterocycles. The van der Waals surface area contributed by atoms with E-state index in [2.05, 4.69) is 19.9 Å². The molecular weight excluding hydrogens is 124 g/mol. The second kappa shape index (κ2) is 6.56. The zero-order chi connectivity index (χ0) is 7.82. The Balaban J connectivity index is 3.74. The summed E-state index contributed by atoms with van der Waals surface area (Å²) in [5.74, 6) is 0. The van der Waals surface area contributed by atoms with Gasteiger partial charge < -0.3 is 5.11 Å². The van der Waals surface area contributed by atoms with Crippen molar-refractivity contribution in [1.29, 1.82) is 0 Å². The smallest absolute Gasteiger partial charge is 0.166 e. The first-order valence-corrected chi connectivity index (χ1v) is 3.84. The first-order chi connectivity index (χ1) is 4.85. The quantitative estimate of drug-likeness (QED) is 0.422. The van der Waals surface area contributed by atoms with E-state index in [0.29, 0.717) is 6.61 Å². The molecule has 1 nitrogen and oxygen atoms in total. The van der Waals surface area contributed by atoms with E-state index in [-0.39, 0.29) is 0 Å². The van der Waals surface area contributed by atoms with Crippen LogP contribution >= 0.6 is 0 Å². The minimum Gasteiger partial charge on any atom is -0.442 e. The molecule has 2 N–H and O–H groups in total. The Bertz CT molecular complexity index is 117. The molecule has 10 heavy (non-hydrogen) atoms. The van der Waals surface area contributed by atoms with Crippen LogP contribution in [0.3, 0.4) is 0 Å². The van der Waals surface area contributed by atoms with E-state index in [1.54, 1.807) is 0 Å². The molecule has 0 rings (SSSR count). The van der Waals surface area contributed by atoms with Crippen molar-refractivity contribution in [1.82, 2.24) is 0 Å². The van der Waals surface area contributed by atoms with Crippen molar-refractivity contribution in [3.05, 3.63) is 23.8 Å². The summed E-state index contributed by atoms with van der Waals surface area (Å²) in [6.07, 6.45) is 8.25. The molecule has 0 aliphatic carbocycles. The Morgan fingerprint density at radius 1 is 1.40 bits per heavy atom. The van der Waals surface area contributed by atoms with Crippen LogP contribution < -0.4 is 0 Å². The van der Waals surface area contributed by atoms with Gasteiger partial charge in [-0.25, -0.2) is 0 Å². The normalized spacial score (nSPS) is 12.9. The van der Waals surface area contributed by atoms with Gasteiger partial charge in [-0.05, 0) is 12.8 Å². The molecule has 0 aromatic heterocycles. The van der Waals surface area contributed by atoms with E-state index in [4.69, 9.17) is 5.11 Å². The Kier molecular flexibility index (Phi) is 6.19. The largest absolute Gasteiger partial charge is 0.442 e. The van der Waals surface area contributed by atoms with Crippen LogP contribution in [0, 0.1) is 0 Å². The molecule has 1 heteroatoms. The fourth-order valence-corrected chi connectivity index (χ4v) is 0.642. The van der Waals surface area contributed by atoms with E-state index in [1.165, 1.54) is 5.57 Å². The third-order valence-electron chi connectivity index (χ3n) is 1.38. The van der Waals surface area contributed by atoms with Gasteiger partial charge in [-0.3, -0.25) is 0 Å². The summed E-state index contributed by atoms with van der Waals surface area (Å²) in [4.78, 5) is 0. The molecule has 0 aromatic rings. The molecule has 58 valence electrons. The Labute approximate surface area is 63.1 Å².